The van der Waals surface area contributed by atoms with E-state index in [1.54, 1.807) is 22.7 Å². The first-order valence-corrected chi connectivity index (χ1v) is 4.55. The molecular weight excluding hydrogens is 350 g/mol. The van der Waals surface area contributed by atoms with Crippen LogP contribution in [0.15, 0.2) is 35.0 Å². The fourth-order valence-electron chi connectivity index (χ4n) is 0.393. The van der Waals surface area contributed by atoms with Crippen LogP contribution in [0.2, 0.25) is 0 Å². The number of rotatable bonds is 0. The summed E-state index contributed by atoms with van der Waals surface area (Å²) in [6, 6.07) is 7.71. The molecular formula is C8H6OsS2. The molecule has 0 nitrogen and oxygen atoms in total. The zero-order valence-electron chi connectivity index (χ0n) is 5.63. The third-order valence-electron chi connectivity index (χ3n) is 0.758. The van der Waals surface area contributed by atoms with Gasteiger partial charge in [0.05, 0.1) is 0 Å². The summed E-state index contributed by atoms with van der Waals surface area (Å²) >= 11 is 3.18. The van der Waals surface area contributed by atoms with Gasteiger partial charge in [0.1, 0.15) is 0 Å². The molecule has 0 aliphatic carbocycles. The zero-order chi connectivity index (χ0) is 7.07. The second-order valence-corrected chi connectivity index (χ2v) is 2.95. The molecule has 2 heterocycles. The molecule has 0 spiro atoms. The molecule has 11 heavy (non-hydrogen) atoms. The van der Waals surface area contributed by atoms with Crippen molar-refractivity contribution in [2.24, 2.45) is 0 Å². The van der Waals surface area contributed by atoms with Gasteiger partial charge in [0, 0.05) is 0 Å². The largest absolute Gasteiger partial charge is 2.00 e. The van der Waals surface area contributed by atoms with Crippen molar-refractivity contribution in [3.8, 4) is 0 Å². The molecule has 0 aliphatic heterocycles. The molecule has 0 fully saturated rings. The minimum Gasteiger partial charge on any atom is -0.304 e. The first-order chi connectivity index (χ1) is 5.00. The van der Waals surface area contributed by atoms with Crippen molar-refractivity contribution < 1.29 is 19.8 Å². The molecule has 0 unspecified atom stereocenters. The molecule has 0 aliphatic rings. The molecule has 0 saturated heterocycles. The monoisotopic (exact) mass is 358 g/mol. The molecule has 2 aromatic heterocycles. The predicted molar refractivity (Wildman–Crippen MR) is 46.3 cm³/mol. The molecule has 0 atom stereocenters. The standard InChI is InChI=1S/2C4H3S.Os/c2*1-2-4-5-3-1;/h2*1-3H;/q2*-1;+2. The Morgan fingerprint density at radius 3 is 1.36 bits per heavy atom. The van der Waals surface area contributed by atoms with E-state index in [0.717, 1.165) is 0 Å². The Kier molecular flexibility index (Phi) is 8.16. The minimum absolute atomic E-state index is 0. The molecule has 0 amide bonds. The molecule has 58 valence electrons. The molecule has 2 aromatic rings. The maximum absolute atomic E-state index is 2.90. The SMILES string of the molecule is [Os+2].[c-]1cccs1.[c-]1cccs1. The Labute approximate surface area is 88.0 Å². The molecule has 0 saturated carbocycles. The summed E-state index contributed by atoms with van der Waals surface area (Å²) < 4.78 is 0. The van der Waals surface area contributed by atoms with Crippen LogP contribution in [-0.2, 0) is 19.8 Å². The van der Waals surface area contributed by atoms with E-state index in [0.29, 0.717) is 0 Å². The summed E-state index contributed by atoms with van der Waals surface area (Å²) in [7, 11) is 0. The Morgan fingerprint density at radius 2 is 1.27 bits per heavy atom. The van der Waals surface area contributed by atoms with Crippen molar-refractivity contribution in [1.29, 1.82) is 0 Å². The van der Waals surface area contributed by atoms with Crippen molar-refractivity contribution in [2.75, 3.05) is 0 Å². The van der Waals surface area contributed by atoms with Gasteiger partial charge in [-0.1, -0.05) is 0 Å². The molecule has 2 rings (SSSR count). The predicted octanol–water partition coefficient (Wildman–Crippen LogP) is 3.09. The van der Waals surface area contributed by atoms with E-state index in [9.17, 15) is 0 Å². The Balaban J connectivity index is 0.000000167. The van der Waals surface area contributed by atoms with E-state index in [-0.39, 0.29) is 19.8 Å². The van der Waals surface area contributed by atoms with Gasteiger partial charge in [-0.3, -0.25) is 0 Å². The van der Waals surface area contributed by atoms with Crippen LogP contribution in [0.3, 0.4) is 0 Å². The molecule has 3 heteroatoms. The second-order valence-electron chi connectivity index (χ2n) is 1.46. The summed E-state index contributed by atoms with van der Waals surface area (Å²) in [4.78, 5) is 0. The van der Waals surface area contributed by atoms with Crippen LogP contribution < -0.4 is 0 Å². The fraction of sp³-hybridized carbons (Fsp3) is 0. The second kappa shape index (κ2) is 8.14. The third-order valence-corrected chi connectivity index (χ3v) is 1.89. The molecule has 0 aromatic carbocycles. The fourth-order valence-corrected chi connectivity index (χ4v) is 1.18. The van der Waals surface area contributed by atoms with Crippen molar-refractivity contribution in [3.63, 3.8) is 0 Å². The minimum atomic E-state index is 0. The van der Waals surface area contributed by atoms with Gasteiger partial charge in [-0.05, 0) is 0 Å². The van der Waals surface area contributed by atoms with Crippen molar-refractivity contribution >= 4 is 22.7 Å². The van der Waals surface area contributed by atoms with Gasteiger partial charge >= 0.3 is 19.8 Å². The average molecular weight is 357 g/mol. The van der Waals surface area contributed by atoms with Gasteiger partial charge < -0.3 is 22.7 Å². The summed E-state index contributed by atoms with van der Waals surface area (Å²) in [6.07, 6.45) is 0. The third kappa shape index (κ3) is 6.43. The van der Waals surface area contributed by atoms with Crippen molar-refractivity contribution in [2.45, 2.75) is 0 Å². The summed E-state index contributed by atoms with van der Waals surface area (Å²) in [5.74, 6) is 0. The zero-order valence-corrected chi connectivity index (χ0v) is 9.81. The van der Waals surface area contributed by atoms with Gasteiger partial charge in [0.25, 0.3) is 0 Å². The van der Waals surface area contributed by atoms with Gasteiger partial charge in [0.2, 0.25) is 0 Å². The Bertz CT molecular complexity index is 151. The van der Waals surface area contributed by atoms with Crippen LogP contribution in [0.1, 0.15) is 0 Å². The first-order valence-electron chi connectivity index (χ1n) is 2.79. The number of thiophene rings is 2. The van der Waals surface area contributed by atoms with Crippen LogP contribution in [0, 0.1) is 10.8 Å². The van der Waals surface area contributed by atoms with Gasteiger partial charge in [-0.15, -0.1) is 10.8 Å². The van der Waals surface area contributed by atoms with E-state index in [1.165, 1.54) is 0 Å². The molecule has 0 bridgehead atoms. The molecule has 0 N–H and O–H groups in total. The maximum atomic E-state index is 2.90. The van der Waals surface area contributed by atoms with Gasteiger partial charge in [0.15, 0.2) is 0 Å². The van der Waals surface area contributed by atoms with E-state index < -0.39 is 0 Å². The topological polar surface area (TPSA) is 0 Å². The smallest absolute Gasteiger partial charge is 0.304 e. The van der Waals surface area contributed by atoms with E-state index in [2.05, 4.69) is 10.8 Å². The van der Waals surface area contributed by atoms with Crippen LogP contribution in [-0.4, -0.2) is 0 Å². The molecule has 0 radical (unpaired) electrons. The summed E-state index contributed by atoms with van der Waals surface area (Å²) in [5.41, 5.74) is 0. The Morgan fingerprint density at radius 1 is 0.818 bits per heavy atom. The summed E-state index contributed by atoms with van der Waals surface area (Å²) in [6.45, 7) is 0. The van der Waals surface area contributed by atoms with Crippen LogP contribution in [0.4, 0.5) is 0 Å². The normalized spacial score (nSPS) is 7.27. The van der Waals surface area contributed by atoms with Crippen molar-refractivity contribution in [3.05, 3.63) is 45.8 Å². The van der Waals surface area contributed by atoms with Gasteiger partial charge in [-0.25, -0.2) is 12.1 Å². The van der Waals surface area contributed by atoms with E-state index in [4.69, 9.17) is 0 Å². The van der Waals surface area contributed by atoms with Crippen LogP contribution in [0.25, 0.3) is 0 Å². The number of hydrogen-bond donors (Lipinski definition) is 0. The quantitative estimate of drug-likeness (QED) is 0.637. The van der Waals surface area contributed by atoms with Crippen LogP contribution >= 0.6 is 22.7 Å². The average Bonchev–Trinajstić information content (AvgIpc) is 2.67. The van der Waals surface area contributed by atoms with Crippen LogP contribution in [0.5, 0.6) is 0 Å². The summed E-state index contributed by atoms with van der Waals surface area (Å²) in [5, 5.41) is 9.78. The van der Waals surface area contributed by atoms with E-state index in [1.807, 2.05) is 35.0 Å². The Hall–Kier alpha value is 0.0364. The first kappa shape index (κ1) is 11.0. The number of hydrogen-bond acceptors (Lipinski definition) is 2. The van der Waals surface area contributed by atoms with Crippen molar-refractivity contribution in [1.82, 2.24) is 0 Å². The van der Waals surface area contributed by atoms with Gasteiger partial charge in [-0.2, -0.15) is 22.9 Å². The maximum Gasteiger partial charge on any atom is 2.00 e. The van der Waals surface area contributed by atoms with E-state index >= 15 is 0 Å².